The third kappa shape index (κ3) is 5.23. The van der Waals surface area contributed by atoms with Crippen molar-refractivity contribution >= 4 is 11.9 Å². The number of rotatable bonds is 10. The van der Waals surface area contributed by atoms with E-state index < -0.39 is 11.9 Å². The summed E-state index contributed by atoms with van der Waals surface area (Å²) in [6.45, 7) is 5.10. The van der Waals surface area contributed by atoms with Crippen molar-refractivity contribution in [3.05, 3.63) is 29.8 Å². The van der Waals surface area contributed by atoms with Crippen LogP contribution in [0.4, 0.5) is 0 Å². The van der Waals surface area contributed by atoms with E-state index in [1.54, 1.807) is 0 Å². The summed E-state index contributed by atoms with van der Waals surface area (Å²) in [4.78, 5) is 23.4. The molecule has 1 aromatic carbocycles. The van der Waals surface area contributed by atoms with Gasteiger partial charge in [-0.2, -0.15) is 0 Å². The zero-order valence-corrected chi connectivity index (χ0v) is 14.2. The molecular formula is C18H25NO5. The number of aliphatic carboxylic acids is 1. The summed E-state index contributed by atoms with van der Waals surface area (Å²) in [6, 6.07) is 7.37. The Hall–Kier alpha value is -2.08. The van der Waals surface area contributed by atoms with Gasteiger partial charge in [-0.05, 0) is 44.4 Å². The van der Waals surface area contributed by atoms with E-state index in [0.29, 0.717) is 19.6 Å². The molecule has 1 amide bonds. The highest BCUT2D eigenvalue weighted by Gasteiger charge is 2.44. The lowest BCUT2D eigenvalue weighted by atomic mass is 9.99. The minimum atomic E-state index is -0.915. The molecule has 24 heavy (non-hydrogen) atoms. The minimum absolute atomic E-state index is 0.00983. The fourth-order valence-corrected chi connectivity index (χ4v) is 2.62. The summed E-state index contributed by atoms with van der Waals surface area (Å²) in [6.07, 6.45) is 1.07. The maximum absolute atomic E-state index is 12.0. The molecular weight excluding hydrogens is 310 g/mol. The molecule has 1 fully saturated rings. The van der Waals surface area contributed by atoms with Gasteiger partial charge in [0.05, 0.1) is 24.5 Å². The number of ether oxygens (including phenoxy) is 2. The Morgan fingerprint density at radius 2 is 1.96 bits per heavy atom. The molecule has 0 heterocycles. The largest absolute Gasteiger partial charge is 0.494 e. The number of nitrogens with one attached hydrogen (secondary N) is 1. The molecule has 2 N–H and O–H groups in total. The molecule has 0 aromatic heterocycles. The Morgan fingerprint density at radius 3 is 2.54 bits per heavy atom. The zero-order chi connectivity index (χ0) is 17.5. The first kappa shape index (κ1) is 18.3. The summed E-state index contributed by atoms with van der Waals surface area (Å²) in [5.74, 6) is -1.06. The molecule has 0 radical (unpaired) electrons. The molecule has 6 nitrogen and oxygen atoms in total. The average Bonchev–Trinajstić information content (AvgIpc) is 3.32. The first-order valence-corrected chi connectivity index (χ1v) is 8.39. The fraction of sp³-hybridized carbons (Fsp3) is 0.556. The van der Waals surface area contributed by atoms with Crippen molar-refractivity contribution < 1.29 is 24.2 Å². The van der Waals surface area contributed by atoms with E-state index in [9.17, 15) is 14.7 Å². The van der Waals surface area contributed by atoms with Gasteiger partial charge in [0, 0.05) is 13.2 Å². The number of hydrogen-bond acceptors (Lipinski definition) is 4. The van der Waals surface area contributed by atoms with Gasteiger partial charge in [-0.15, -0.1) is 0 Å². The van der Waals surface area contributed by atoms with Crippen LogP contribution in [0.2, 0.25) is 0 Å². The van der Waals surface area contributed by atoms with Crippen LogP contribution in [-0.4, -0.2) is 42.8 Å². The standard InChI is InChI=1S/C18H25NO5/c1-3-23-14-7-5-12(6-8-14)9-13(18(21)22)11-19-17(20)15-10-16(15)24-4-2/h5-8,13,15-16H,3-4,9-11H2,1-2H3,(H,19,20)(H,21,22). The number of carboxylic acids is 1. The second-order valence-electron chi connectivity index (χ2n) is 5.90. The van der Waals surface area contributed by atoms with E-state index in [2.05, 4.69) is 5.32 Å². The summed E-state index contributed by atoms with van der Waals surface area (Å²) in [5, 5.41) is 12.1. The normalized spacial score (nSPS) is 20.2. The predicted octanol–water partition coefficient (Wildman–Crippen LogP) is 1.87. The first-order chi connectivity index (χ1) is 11.5. The summed E-state index contributed by atoms with van der Waals surface area (Å²) < 4.78 is 10.7. The van der Waals surface area contributed by atoms with Crippen LogP contribution in [0.5, 0.6) is 5.75 Å². The Kier molecular flexibility index (Phi) is 6.61. The van der Waals surface area contributed by atoms with Gasteiger partial charge in [0.25, 0.3) is 0 Å². The van der Waals surface area contributed by atoms with Crippen molar-refractivity contribution in [1.82, 2.24) is 5.32 Å². The molecule has 3 unspecified atom stereocenters. The quantitative estimate of drug-likeness (QED) is 0.682. The van der Waals surface area contributed by atoms with Crippen molar-refractivity contribution in [2.75, 3.05) is 19.8 Å². The molecule has 0 bridgehead atoms. The topological polar surface area (TPSA) is 84.9 Å². The average molecular weight is 335 g/mol. The van der Waals surface area contributed by atoms with Crippen LogP contribution in [0.3, 0.4) is 0 Å². The molecule has 132 valence electrons. The van der Waals surface area contributed by atoms with Gasteiger partial charge in [-0.3, -0.25) is 9.59 Å². The molecule has 1 aliphatic carbocycles. The highest BCUT2D eigenvalue weighted by molar-refractivity contribution is 5.82. The third-order valence-corrected chi connectivity index (χ3v) is 4.04. The van der Waals surface area contributed by atoms with Gasteiger partial charge in [0.2, 0.25) is 5.91 Å². The van der Waals surface area contributed by atoms with Crippen molar-refractivity contribution in [2.24, 2.45) is 11.8 Å². The summed E-state index contributed by atoms with van der Waals surface area (Å²) in [5.41, 5.74) is 0.902. The number of carbonyl (C=O) groups is 2. The van der Waals surface area contributed by atoms with Crippen molar-refractivity contribution in [1.29, 1.82) is 0 Å². The third-order valence-electron chi connectivity index (χ3n) is 4.04. The first-order valence-electron chi connectivity index (χ1n) is 8.39. The fourth-order valence-electron chi connectivity index (χ4n) is 2.62. The smallest absolute Gasteiger partial charge is 0.308 e. The van der Waals surface area contributed by atoms with Crippen molar-refractivity contribution in [2.45, 2.75) is 32.8 Å². The Labute approximate surface area is 142 Å². The molecule has 1 aliphatic rings. The lowest BCUT2D eigenvalue weighted by molar-refractivity contribution is -0.141. The second kappa shape index (κ2) is 8.68. The lowest BCUT2D eigenvalue weighted by Gasteiger charge is -2.14. The zero-order valence-electron chi connectivity index (χ0n) is 14.2. The Morgan fingerprint density at radius 1 is 1.25 bits per heavy atom. The highest BCUT2D eigenvalue weighted by Crippen LogP contribution is 2.33. The van der Waals surface area contributed by atoms with Crippen LogP contribution in [0.15, 0.2) is 24.3 Å². The summed E-state index contributed by atoms with van der Waals surface area (Å²) in [7, 11) is 0. The predicted molar refractivity (Wildman–Crippen MR) is 89.0 cm³/mol. The molecule has 3 atom stereocenters. The SMILES string of the molecule is CCOc1ccc(CC(CNC(=O)C2CC2OCC)C(=O)O)cc1. The Bertz CT molecular complexity index is 557. The number of hydrogen-bond donors (Lipinski definition) is 2. The number of carbonyl (C=O) groups excluding carboxylic acids is 1. The van der Waals surface area contributed by atoms with Crippen LogP contribution in [0, 0.1) is 11.8 Å². The van der Waals surface area contributed by atoms with Gasteiger partial charge in [0.15, 0.2) is 0 Å². The monoisotopic (exact) mass is 335 g/mol. The second-order valence-corrected chi connectivity index (χ2v) is 5.90. The number of benzene rings is 1. The van der Waals surface area contributed by atoms with E-state index in [1.807, 2.05) is 38.1 Å². The van der Waals surface area contributed by atoms with Gasteiger partial charge < -0.3 is 19.9 Å². The van der Waals surface area contributed by atoms with E-state index in [0.717, 1.165) is 17.7 Å². The van der Waals surface area contributed by atoms with Gasteiger partial charge in [-0.25, -0.2) is 0 Å². The van der Waals surface area contributed by atoms with Crippen LogP contribution in [-0.2, 0) is 20.7 Å². The molecule has 0 saturated heterocycles. The molecule has 6 heteroatoms. The van der Waals surface area contributed by atoms with Crippen LogP contribution in [0.25, 0.3) is 0 Å². The molecule has 0 spiro atoms. The molecule has 1 aromatic rings. The van der Waals surface area contributed by atoms with Crippen LogP contribution < -0.4 is 10.1 Å². The maximum Gasteiger partial charge on any atom is 0.308 e. The Balaban J connectivity index is 1.83. The maximum atomic E-state index is 12.0. The van der Waals surface area contributed by atoms with Gasteiger partial charge in [-0.1, -0.05) is 12.1 Å². The highest BCUT2D eigenvalue weighted by atomic mass is 16.5. The van der Waals surface area contributed by atoms with Crippen molar-refractivity contribution in [3.63, 3.8) is 0 Å². The van der Waals surface area contributed by atoms with E-state index >= 15 is 0 Å². The molecule has 0 aliphatic heterocycles. The van der Waals surface area contributed by atoms with Gasteiger partial charge >= 0.3 is 5.97 Å². The lowest BCUT2D eigenvalue weighted by Crippen LogP contribution is -2.35. The van der Waals surface area contributed by atoms with Crippen molar-refractivity contribution in [3.8, 4) is 5.75 Å². The van der Waals surface area contributed by atoms with E-state index in [-0.39, 0.29) is 24.5 Å². The van der Waals surface area contributed by atoms with E-state index in [4.69, 9.17) is 9.47 Å². The van der Waals surface area contributed by atoms with Crippen LogP contribution >= 0.6 is 0 Å². The van der Waals surface area contributed by atoms with Crippen LogP contribution in [0.1, 0.15) is 25.8 Å². The molecule has 1 saturated carbocycles. The minimum Gasteiger partial charge on any atom is -0.494 e. The number of amides is 1. The molecule has 2 rings (SSSR count). The summed E-state index contributed by atoms with van der Waals surface area (Å²) >= 11 is 0. The van der Waals surface area contributed by atoms with E-state index in [1.165, 1.54) is 0 Å². The van der Waals surface area contributed by atoms with Gasteiger partial charge in [0.1, 0.15) is 5.75 Å². The number of carboxylic acid groups (broad SMARTS) is 1.